The average Bonchev–Trinajstić information content (AvgIpc) is 3.24. The number of hydrogen-bond acceptors (Lipinski definition) is 3. The quantitative estimate of drug-likeness (QED) is 0.418. The van der Waals surface area contributed by atoms with Gasteiger partial charge in [-0.05, 0) is 32.3 Å². The minimum absolute atomic E-state index is 0.00292. The van der Waals surface area contributed by atoms with Gasteiger partial charge in [0, 0.05) is 12.6 Å². The van der Waals surface area contributed by atoms with Crippen LogP contribution in [-0.4, -0.2) is 52.3 Å². The van der Waals surface area contributed by atoms with Crippen molar-refractivity contribution >= 4 is 23.4 Å². The van der Waals surface area contributed by atoms with Crippen molar-refractivity contribution in [1.82, 2.24) is 9.80 Å². The monoisotopic (exact) mass is 301 g/mol. The van der Waals surface area contributed by atoms with Gasteiger partial charge in [0.05, 0.1) is 6.04 Å². The molecule has 1 saturated carbocycles. The van der Waals surface area contributed by atoms with E-state index in [1.165, 1.54) is 11.0 Å². The summed E-state index contributed by atoms with van der Waals surface area (Å²) in [5, 5.41) is 0. The third kappa shape index (κ3) is 4.49. The van der Waals surface area contributed by atoms with Crippen molar-refractivity contribution in [2.75, 3.05) is 13.1 Å². The van der Waals surface area contributed by atoms with Gasteiger partial charge in [-0.3, -0.25) is 9.59 Å². The van der Waals surface area contributed by atoms with Gasteiger partial charge >= 0.3 is 0 Å². The fraction of sp³-hybridized carbons (Fsp3) is 0.714. The van der Waals surface area contributed by atoms with Crippen LogP contribution in [0.25, 0.3) is 0 Å². The Morgan fingerprint density at radius 1 is 1.50 bits per heavy atom. The normalized spacial score (nSPS) is 17.2. The summed E-state index contributed by atoms with van der Waals surface area (Å²) in [5.41, 5.74) is 4.91. The molecule has 0 radical (unpaired) electrons. The third-order valence-electron chi connectivity index (χ3n) is 3.49. The highest BCUT2D eigenvalue weighted by atomic mass is 35.5. The minimum atomic E-state index is -0.716. The first kappa shape index (κ1) is 17.0. The molecule has 6 heteroatoms. The van der Waals surface area contributed by atoms with E-state index >= 15 is 0 Å². The number of carbonyl (C=O) groups excluding carboxylic acids is 2. The predicted octanol–water partition coefficient (Wildman–Crippen LogP) is 1.31. The number of amides is 2. The van der Waals surface area contributed by atoms with Crippen LogP contribution in [-0.2, 0) is 9.59 Å². The van der Waals surface area contributed by atoms with Gasteiger partial charge in [-0.1, -0.05) is 13.5 Å². The van der Waals surface area contributed by atoms with Crippen molar-refractivity contribution in [3.8, 4) is 0 Å². The van der Waals surface area contributed by atoms with Crippen molar-refractivity contribution in [2.24, 2.45) is 5.73 Å². The number of alkyl halides is 1. The lowest BCUT2D eigenvalue weighted by molar-refractivity contribution is -0.140. The van der Waals surface area contributed by atoms with Crippen LogP contribution in [0.15, 0.2) is 12.7 Å². The molecule has 5 nitrogen and oxygen atoms in total. The average molecular weight is 302 g/mol. The van der Waals surface area contributed by atoms with Gasteiger partial charge in [0.2, 0.25) is 11.8 Å². The Bertz CT molecular complexity index is 369. The molecule has 0 aromatic carbocycles. The maximum absolute atomic E-state index is 12.4. The maximum atomic E-state index is 12.4. The molecule has 20 heavy (non-hydrogen) atoms. The fourth-order valence-electron chi connectivity index (χ4n) is 2.09. The number of hydrogen-bond donors (Lipinski definition) is 1. The number of rotatable bonds is 8. The number of nitrogens with zero attached hydrogens (tertiary/aromatic N) is 2. The van der Waals surface area contributed by atoms with Crippen molar-refractivity contribution in [3.63, 3.8) is 0 Å². The van der Waals surface area contributed by atoms with Gasteiger partial charge in [-0.25, -0.2) is 0 Å². The van der Waals surface area contributed by atoms with E-state index in [1.807, 2.05) is 11.8 Å². The standard InChI is InChI=1S/C14H24ClN3O2/c1-4-8-17(11-6-7-11)13(20)9-18(12(19)5-2)10(3)14(15)16/h5,10-11,14H,2,4,6-9,16H2,1,3H3. The van der Waals surface area contributed by atoms with Gasteiger partial charge in [-0.2, -0.15) is 0 Å². The molecule has 0 aromatic rings. The van der Waals surface area contributed by atoms with Crippen molar-refractivity contribution in [1.29, 1.82) is 0 Å². The SMILES string of the molecule is C=CC(=O)N(CC(=O)N(CCC)C1CC1)C(C)C(N)Cl. The van der Waals surface area contributed by atoms with Gasteiger partial charge in [-0.15, -0.1) is 11.6 Å². The Morgan fingerprint density at radius 2 is 2.10 bits per heavy atom. The molecule has 1 rings (SSSR count). The van der Waals surface area contributed by atoms with Crippen LogP contribution in [0.1, 0.15) is 33.1 Å². The molecule has 1 aliphatic carbocycles. The molecule has 1 aliphatic rings. The van der Waals surface area contributed by atoms with Gasteiger partial charge in [0.1, 0.15) is 12.0 Å². The lowest BCUT2D eigenvalue weighted by atomic mass is 10.2. The molecule has 0 aromatic heterocycles. The van der Waals surface area contributed by atoms with E-state index in [9.17, 15) is 9.59 Å². The summed E-state index contributed by atoms with van der Waals surface area (Å²) in [5.74, 6) is -0.372. The fourth-order valence-corrected chi connectivity index (χ4v) is 2.22. The number of carbonyl (C=O) groups is 2. The topological polar surface area (TPSA) is 66.6 Å². The zero-order valence-corrected chi connectivity index (χ0v) is 13.0. The molecule has 1 fully saturated rings. The second-order valence-electron chi connectivity index (χ2n) is 5.17. The van der Waals surface area contributed by atoms with Gasteiger partial charge < -0.3 is 15.5 Å². The molecule has 0 spiro atoms. The molecule has 2 unspecified atom stereocenters. The molecule has 0 aliphatic heterocycles. The van der Waals surface area contributed by atoms with Crippen LogP contribution in [0.3, 0.4) is 0 Å². The second-order valence-corrected chi connectivity index (χ2v) is 5.68. The van der Waals surface area contributed by atoms with Crippen molar-refractivity contribution in [2.45, 2.75) is 50.7 Å². The maximum Gasteiger partial charge on any atom is 0.246 e. The lowest BCUT2D eigenvalue weighted by Gasteiger charge is -2.32. The molecule has 114 valence electrons. The minimum Gasteiger partial charge on any atom is -0.338 e. The van der Waals surface area contributed by atoms with Gasteiger partial charge in [0.25, 0.3) is 0 Å². The number of halogens is 1. The Hall–Kier alpha value is -1.07. The molecule has 0 saturated heterocycles. The summed E-state index contributed by atoms with van der Waals surface area (Å²) in [7, 11) is 0. The van der Waals surface area contributed by atoms with E-state index in [4.69, 9.17) is 17.3 Å². The summed E-state index contributed by atoms with van der Waals surface area (Å²) in [6.07, 6.45) is 4.18. The van der Waals surface area contributed by atoms with Crippen LogP contribution in [0.5, 0.6) is 0 Å². The van der Waals surface area contributed by atoms with Crippen LogP contribution >= 0.6 is 11.6 Å². The second kappa shape index (κ2) is 7.64. The molecule has 0 heterocycles. The summed E-state index contributed by atoms with van der Waals surface area (Å²) >= 11 is 5.85. The van der Waals surface area contributed by atoms with Crippen molar-refractivity contribution in [3.05, 3.63) is 12.7 Å². The predicted molar refractivity (Wildman–Crippen MR) is 80.2 cm³/mol. The van der Waals surface area contributed by atoms with Gasteiger partial charge in [0.15, 0.2) is 0 Å². The first-order chi connectivity index (χ1) is 9.42. The van der Waals surface area contributed by atoms with E-state index in [0.29, 0.717) is 6.04 Å². The molecule has 2 atom stereocenters. The summed E-state index contributed by atoms with van der Waals surface area (Å²) in [6.45, 7) is 7.95. The molecular weight excluding hydrogens is 278 g/mol. The Kier molecular flexibility index (Phi) is 6.49. The lowest BCUT2D eigenvalue weighted by Crippen LogP contribution is -2.51. The molecular formula is C14H24ClN3O2. The zero-order valence-electron chi connectivity index (χ0n) is 12.2. The van der Waals surface area contributed by atoms with Crippen LogP contribution in [0.2, 0.25) is 0 Å². The van der Waals surface area contributed by atoms with Crippen LogP contribution < -0.4 is 5.73 Å². The van der Waals surface area contributed by atoms with Crippen LogP contribution in [0, 0.1) is 0 Å². The van der Waals surface area contributed by atoms with E-state index in [0.717, 1.165) is 25.8 Å². The Morgan fingerprint density at radius 3 is 2.50 bits per heavy atom. The first-order valence-corrected chi connectivity index (χ1v) is 7.48. The Balaban J connectivity index is 2.74. The highest BCUT2D eigenvalue weighted by Crippen LogP contribution is 2.27. The summed E-state index contributed by atoms with van der Waals surface area (Å²) < 4.78 is 0. The molecule has 2 N–H and O–H groups in total. The first-order valence-electron chi connectivity index (χ1n) is 7.04. The van der Waals surface area contributed by atoms with Crippen molar-refractivity contribution < 1.29 is 9.59 Å². The van der Waals surface area contributed by atoms with Crippen LogP contribution in [0.4, 0.5) is 0 Å². The smallest absolute Gasteiger partial charge is 0.246 e. The Labute approximate surface area is 125 Å². The molecule has 0 bridgehead atoms. The van der Waals surface area contributed by atoms with E-state index < -0.39 is 11.5 Å². The van der Waals surface area contributed by atoms with E-state index in [-0.39, 0.29) is 18.4 Å². The number of nitrogens with two attached hydrogens (primary N) is 1. The molecule has 2 amide bonds. The highest BCUT2D eigenvalue weighted by Gasteiger charge is 2.34. The summed E-state index contributed by atoms with van der Waals surface area (Å²) in [6, 6.07) is -0.0862. The van der Waals surface area contributed by atoms with E-state index in [2.05, 4.69) is 6.58 Å². The highest BCUT2D eigenvalue weighted by molar-refractivity contribution is 6.20. The van der Waals surface area contributed by atoms with E-state index in [1.54, 1.807) is 6.92 Å². The largest absolute Gasteiger partial charge is 0.338 e. The summed E-state index contributed by atoms with van der Waals surface area (Å²) in [4.78, 5) is 27.5. The third-order valence-corrected chi connectivity index (χ3v) is 3.85. The zero-order chi connectivity index (χ0) is 15.3.